The molecule has 0 saturated carbocycles. The number of carbonyl (C=O) groups excluding carboxylic acids is 1. The van der Waals surface area contributed by atoms with Gasteiger partial charge in [0, 0.05) is 18.8 Å². The maximum Gasteiger partial charge on any atom is 0.339 e. The zero-order chi connectivity index (χ0) is 15.2. The Balaban J connectivity index is 1.76. The molecule has 0 aliphatic carbocycles. The Hall–Kier alpha value is -2.41. The Labute approximate surface area is 120 Å². The van der Waals surface area contributed by atoms with Crippen molar-refractivity contribution in [1.82, 2.24) is 9.78 Å². The summed E-state index contributed by atoms with van der Waals surface area (Å²) in [5.41, 5.74) is 0.345. The minimum absolute atomic E-state index is 0.00751. The van der Waals surface area contributed by atoms with Crippen LogP contribution in [-0.4, -0.2) is 34.1 Å². The molecule has 112 valence electrons. The first-order valence-corrected chi connectivity index (χ1v) is 6.28. The van der Waals surface area contributed by atoms with Crippen LogP contribution in [0.2, 0.25) is 0 Å². The molecule has 2 aromatic rings. The van der Waals surface area contributed by atoms with Crippen LogP contribution in [0.25, 0.3) is 0 Å². The van der Waals surface area contributed by atoms with Crippen molar-refractivity contribution in [2.24, 2.45) is 7.05 Å². The molecule has 0 spiro atoms. The summed E-state index contributed by atoms with van der Waals surface area (Å²) in [5.74, 6) is -1.21. The quantitative estimate of drug-likeness (QED) is 0.640. The van der Waals surface area contributed by atoms with Gasteiger partial charge in [0.05, 0.1) is 6.20 Å². The van der Waals surface area contributed by atoms with Gasteiger partial charge in [-0.2, -0.15) is 5.10 Å². The van der Waals surface area contributed by atoms with Crippen molar-refractivity contribution in [2.45, 2.75) is 6.10 Å². The van der Waals surface area contributed by atoms with Crippen molar-refractivity contribution in [3.05, 3.63) is 48.0 Å². The largest absolute Gasteiger partial charge is 0.487 e. The van der Waals surface area contributed by atoms with E-state index in [4.69, 9.17) is 9.47 Å². The van der Waals surface area contributed by atoms with E-state index in [9.17, 15) is 14.3 Å². The summed E-state index contributed by atoms with van der Waals surface area (Å²) >= 11 is 0. The van der Waals surface area contributed by atoms with Crippen LogP contribution in [0.3, 0.4) is 0 Å². The van der Waals surface area contributed by atoms with E-state index in [1.54, 1.807) is 19.2 Å². The number of ether oxygens (including phenoxy) is 2. The number of hydrogen-bond donors (Lipinski definition) is 1. The lowest BCUT2D eigenvalue weighted by Crippen LogP contribution is -2.18. The molecule has 2 rings (SSSR count). The van der Waals surface area contributed by atoms with Crippen molar-refractivity contribution < 1.29 is 23.8 Å². The molecule has 0 radical (unpaired) electrons. The van der Waals surface area contributed by atoms with E-state index in [2.05, 4.69) is 5.10 Å². The van der Waals surface area contributed by atoms with Crippen LogP contribution in [0.15, 0.2) is 36.7 Å². The molecule has 21 heavy (non-hydrogen) atoms. The Kier molecular flexibility index (Phi) is 4.89. The van der Waals surface area contributed by atoms with Crippen molar-refractivity contribution in [2.75, 3.05) is 13.2 Å². The summed E-state index contributed by atoms with van der Waals surface area (Å²) < 4.78 is 24.7. The van der Waals surface area contributed by atoms with Crippen molar-refractivity contribution in [3.8, 4) is 5.75 Å². The zero-order valence-corrected chi connectivity index (χ0v) is 11.4. The number of nitrogens with zero attached hydrogens (tertiary/aromatic N) is 2. The zero-order valence-electron chi connectivity index (χ0n) is 11.4. The number of aliphatic hydroxyl groups excluding tert-OH is 1. The fourth-order valence-corrected chi connectivity index (χ4v) is 1.65. The molecule has 7 heteroatoms. The smallest absolute Gasteiger partial charge is 0.339 e. The SMILES string of the molecule is Cn1cc([C@H](O)C(=O)OCCOc2ccccc2F)cn1. The number of halogens is 1. The van der Waals surface area contributed by atoms with Gasteiger partial charge >= 0.3 is 5.97 Å². The molecule has 0 unspecified atom stereocenters. The maximum absolute atomic E-state index is 13.2. The molecule has 0 saturated heterocycles. The van der Waals surface area contributed by atoms with Crippen molar-refractivity contribution in [3.63, 3.8) is 0 Å². The fraction of sp³-hybridized carbons (Fsp3) is 0.286. The molecule has 0 fully saturated rings. The van der Waals surface area contributed by atoms with Gasteiger partial charge in [-0.1, -0.05) is 12.1 Å². The highest BCUT2D eigenvalue weighted by molar-refractivity contribution is 5.75. The molecule has 1 aromatic heterocycles. The number of aliphatic hydroxyl groups is 1. The molecular weight excluding hydrogens is 279 g/mol. The van der Waals surface area contributed by atoms with E-state index in [0.717, 1.165) is 0 Å². The summed E-state index contributed by atoms with van der Waals surface area (Å²) in [4.78, 5) is 11.6. The second-order valence-corrected chi connectivity index (χ2v) is 4.30. The number of aromatic nitrogens is 2. The molecule has 1 N–H and O–H groups in total. The number of aryl methyl sites for hydroxylation is 1. The Morgan fingerprint density at radius 1 is 1.43 bits per heavy atom. The third-order valence-corrected chi connectivity index (χ3v) is 2.69. The van der Waals surface area contributed by atoms with Gasteiger partial charge in [0.15, 0.2) is 17.7 Å². The summed E-state index contributed by atoms with van der Waals surface area (Å²) in [5, 5.41) is 13.6. The van der Waals surface area contributed by atoms with E-state index >= 15 is 0 Å². The molecular formula is C14H15FN2O4. The number of benzene rings is 1. The van der Waals surface area contributed by atoms with Crippen LogP contribution in [0.4, 0.5) is 4.39 Å². The number of rotatable bonds is 6. The van der Waals surface area contributed by atoms with Crippen LogP contribution < -0.4 is 4.74 Å². The molecule has 0 aliphatic heterocycles. The van der Waals surface area contributed by atoms with Crippen LogP contribution in [0, 0.1) is 5.82 Å². The average Bonchev–Trinajstić information content (AvgIpc) is 2.91. The van der Waals surface area contributed by atoms with Crippen LogP contribution in [-0.2, 0) is 16.6 Å². The van der Waals surface area contributed by atoms with E-state index in [-0.39, 0.29) is 19.0 Å². The number of hydrogen-bond acceptors (Lipinski definition) is 5. The summed E-state index contributed by atoms with van der Waals surface area (Å²) in [7, 11) is 1.67. The monoisotopic (exact) mass is 294 g/mol. The number of para-hydroxylation sites is 1. The average molecular weight is 294 g/mol. The lowest BCUT2D eigenvalue weighted by atomic mass is 10.2. The second kappa shape index (κ2) is 6.85. The first-order chi connectivity index (χ1) is 10.1. The van der Waals surface area contributed by atoms with Gasteiger partial charge in [0.2, 0.25) is 0 Å². The minimum atomic E-state index is -1.40. The predicted octanol–water partition coefficient (Wildman–Crippen LogP) is 1.21. The highest BCUT2D eigenvalue weighted by Gasteiger charge is 2.20. The Morgan fingerprint density at radius 2 is 2.19 bits per heavy atom. The van der Waals surface area contributed by atoms with Gasteiger partial charge in [-0.15, -0.1) is 0 Å². The molecule has 1 atom stereocenters. The van der Waals surface area contributed by atoms with Gasteiger partial charge in [0.1, 0.15) is 13.2 Å². The Bertz CT molecular complexity index is 615. The summed E-state index contributed by atoms with van der Waals surface area (Å²) in [6.07, 6.45) is 1.50. The van der Waals surface area contributed by atoms with E-state index in [0.29, 0.717) is 5.56 Å². The van der Waals surface area contributed by atoms with Crippen molar-refractivity contribution in [1.29, 1.82) is 0 Å². The molecule has 0 bridgehead atoms. The molecule has 1 aromatic carbocycles. The topological polar surface area (TPSA) is 73.6 Å². The van der Waals surface area contributed by atoms with E-state index in [1.807, 2.05) is 0 Å². The summed E-state index contributed by atoms with van der Waals surface area (Å²) in [6, 6.07) is 5.93. The van der Waals surface area contributed by atoms with Gasteiger partial charge in [-0.3, -0.25) is 4.68 Å². The van der Waals surface area contributed by atoms with Gasteiger partial charge in [-0.25, -0.2) is 9.18 Å². The molecule has 0 amide bonds. The van der Waals surface area contributed by atoms with E-state index in [1.165, 1.54) is 29.2 Å². The van der Waals surface area contributed by atoms with Crippen molar-refractivity contribution >= 4 is 5.97 Å². The highest BCUT2D eigenvalue weighted by atomic mass is 19.1. The molecule has 0 aliphatic rings. The molecule has 6 nitrogen and oxygen atoms in total. The highest BCUT2D eigenvalue weighted by Crippen LogP contribution is 2.15. The minimum Gasteiger partial charge on any atom is -0.487 e. The van der Waals surface area contributed by atoms with Gasteiger partial charge in [-0.05, 0) is 12.1 Å². The number of carbonyl (C=O) groups is 1. The number of esters is 1. The first-order valence-electron chi connectivity index (χ1n) is 6.28. The lowest BCUT2D eigenvalue weighted by molar-refractivity contribution is -0.154. The van der Waals surface area contributed by atoms with E-state index < -0.39 is 17.9 Å². The molecule has 1 heterocycles. The lowest BCUT2D eigenvalue weighted by Gasteiger charge is -2.10. The second-order valence-electron chi connectivity index (χ2n) is 4.30. The van der Waals surface area contributed by atoms with Crippen LogP contribution in [0.1, 0.15) is 11.7 Å². The van der Waals surface area contributed by atoms with Gasteiger partial charge < -0.3 is 14.6 Å². The van der Waals surface area contributed by atoms with Crippen LogP contribution in [0.5, 0.6) is 5.75 Å². The summed E-state index contributed by atoms with van der Waals surface area (Å²) in [6.45, 7) is -0.100. The standard InChI is InChI=1S/C14H15FN2O4/c1-17-9-10(8-16-17)13(18)14(19)21-7-6-20-12-5-3-2-4-11(12)15/h2-5,8-9,13,18H,6-7H2,1H3/t13-/m0/s1. The normalized spacial score (nSPS) is 12.0. The van der Waals surface area contributed by atoms with Gasteiger partial charge in [0.25, 0.3) is 0 Å². The van der Waals surface area contributed by atoms with Crippen LogP contribution >= 0.6 is 0 Å². The third-order valence-electron chi connectivity index (χ3n) is 2.69. The maximum atomic E-state index is 13.2. The fourth-order valence-electron chi connectivity index (χ4n) is 1.65. The Morgan fingerprint density at radius 3 is 2.86 bits per heavy atom. The third kappa shape index (κ3) is 4.03. The predicted molar refractivity (Wildman–Crippen MR) is 71.0 cm³/mol. The first kappa shape index (κ1) is 15.0.